The van der Waals surface area contributed by atoms with Gasteiger partial charge in [0.25, 0.3) is 0 Å². The average molecular weight is 296 g/mol. The van der Waals surface area contributed by atoms with Crippen molar-refractivity contribution in [2.45, 2.75) is 51.7 Å². The van der Waals surface area contributed by atoms with Gasteiger partial charge in [0, 0.05) is 18.2 Å². The molecule has 0 aromatic heterocycles. The third kappa shape index (κ3) is 3.40. The highest BCUT2D eigenvalue weighted by molar-refractivity contribution is 5.84. The van der Waals surface area contributed by atoms with Crippen molar-refractivity contribution in [2.24, 2.45) is 0 Å². The van der Waals surface area contributed by atoms with E-state index in [1.807, 2.05) is 13.8 Å². The number of halogens is 2. The van der Waals surface area contributed by atoms with Crippen LogP contribution in [0.3, 0.4) is 0 Å². The lowest BCUT2D eigenvalue weighted by Crippen LogP contribution is -2.32. The number of unbranched alkanes of at least 4 members (excludes halogenated alkanes) is 1. The van der Waals surface area contributed by atoms with Crippen LogP contribution in [0.25, 0.3) is 0 Å². The maximum atomic E-state index is 14.0. The molecule has 0 bridgehead atoms. The number of nitrogens with one attached hydrogen (secondary N) is 1. The van der Waals surface area contributed by atoms with E-state index in [1.54, 1.807) is 4.90 Å². The maximum Gasteiger partial charge on any atom is 0.241 e. The number of hydrogen-bond acceptors (Lipinski definition) is 2. The van der Waals surface area contributed by atoms with Crippen LogP contribution in [0.1, 0.15) is 51.3 Å². The summed E-state index contributed by atoms with van der Waals surface area (Å²) in [6, 6.07) is 3.24. The van der Waals surface area contributed by atoms with Crippen LogP contribution in [0.15, 0.2) is 18.2 Å². The van der Waals surface area contributed by atoms with E-state index in [1.165, 1.54) is 12.1 Å². The van der Waals surface area contributed by atoms with Crippen LogP contribution < -0.4 is 5.32 Å². The third-order valence-corrected chi connectivity index (χ3v) is 3.84. The number of nitrogens with zero attached hydrogens (tertiary/aromatic N) is 1. The number of hydrogen-bond donors (Lipinski definition) is 1. The summed E-state index contributed by atoms with van der Waals surface area (Å²) >= 11 is 0. The van der Waals surface area contributed by atoms with E-state index in [4.69, 9.17) is 0 Å². The van der Waals surface area contributed by atoms with E-state index in [9.17, 15) is 13.6 Å². The van der Waals surface area contributed by atoms with Crippen molar-refractivity contribution in [3.63, 3.8) is 0 Å². The van der Waals surface area contributed by atoms with E-state index in [2.05, 4.69) is 5.32 Å². The molecule has 1 aliphatic heterocycles. The average Bonchev–Trinajstić information content (AvgIpc) is 2.74. The standard InChI is InChI=1S/C16H22F2N2O/c1-3-5-9-20-15(19-14(6-4-2)16(20)21)12-8-7-11(17)10-13(12)18/h7-8,10,14-15,19H,3-6,9H2,1-2H3. The highest BCUT2D eigenvalue weighted by atomic mass is 19.1. The largest absolute Gasteiger partial charge is 0.321 e. The van der Waals surface area contributed by atoms with Gasteiger partial charge in [-0.1, -0.05) is 26.7 Å². The molecule has 1 aromatic rings. The van der Waals surface area contributed by atoms with Crippen molar-refractivity contribution in [2.75, 3.05) is 6.54 Å². The molecule has 2 atom stereocenters. The molecule has 2 unspecified atom stereocenters. The Morgan fingerprint density at radius 3 is 2.62 bits per heavy atom. The molecule has 1 aromatic carbocycles. The Kier molecular flexibility index (Phi) is 5.28. The normalized spacial score (nSPS) is 22.1. The summed E-state index contributed by atoms with van der Waals surface area (Å²) in [5.41, 5.74) is 0.333. The molecule has 0 radical (unpaired) electrons. The molecular weight excluding hydrogens is 274 g/mol. The van der Waals surface area contributed by atoms with E-state index < -0.39 is 17.8 Å². The fourth-order valence-electron chi connectivity index (χ4n) is 2.72. The van der Waals surface area contributed by atoms with E-state index >= 15 is 0 Å². The molecule has 1 N–H and O–H groups in total. The van der Waals surface area contributed by atoms with Gasteiger partial charge in [0.15, 0.2) is 0 Å². The molecule has 5 heteroatoms. The molecule has 116 valence electrons. The highest BCUT2D eigenvalue weighted by Crippen LogP contribution is 2.29. The minimum Gasteiger partial charge on any atom is -0.321 e. The first-order valence-corrected chi connectivity index (χ1v) is 7.60. The zero-order valence-corrected chi connectivity index (χ0v) is 12.5. The Morgan fingerprint density at radius 2 is 2.00 bits per heavy atom. The number of carbonyl (C=O) groups is 1. The smallest absolute Gasteiger partial charge is 0.241 e. The molecule has 1 aliphatic rings. The van der Waals surface area contributed by atoms with Gasteiger partial charge in [0.2, 0.25) is 5.91 Å². The summed E-state index contributed by atoms with van der Waals surface area (Å²) in [5, 5.41) is 3.19. The Hall–Kier alpha value is -1.49. The summed E-state index contributed by atoms with van der Waals surface area (Å²) in [4.78, 5) is 14.1. The second kappa shape index (κ2) is 6.98. The van der Waals surface area contributed by atoms with Crippen LogP contribution in [0.2, 0.25) is 0 Å². The van der Waals surface area contributed by atoms with E-state index in [-0.39, 0.29) is 11.9 Å². The predicted octanol–water partition coefficient (Wildman–Crippen LogP) is 3.36. The SMILES string of the molecule is CCCCN1C(=O)C(CCC)NC1c1ccc(F)cc1F. The van der Waals surface area contributed by atoms with Crippen LogP contribution in [0, 0.1) is 11.6 Å². The first-order chi connectivity index (χ1) is 10.1. The Labute approximate surface area is 124 Å². The minimum absolute atomic E-state index is 0.0130. The zero-order valence-electron chi connectivity index (χ0n) is 12.5. The van der Waals surface area contributed by atoms with Gasteiger partial charge < -0.3 is 4.90 Å². The lowest BCUT2D eigenvalue weighted by molar-refractivity contribution is -0.130. The van der Waals surface area contributed by atoms with Crippen molar-refractivity contribution in [1.82, 2.24) is 10.2 Å². The van der Waals surface area contributed by atoms with E-state index in [0.29, 0.717) is 12.1 Å². The first-order valence-electron chi connectivity index (χ1n) is 7.60. The summed E-state index contributed by atoms with van der Waals surface area (Å²) in [7, 11) is 0. The van der Waals surface area contributed by atoms with Crippen molar-refractivity contribution >= 4 is 5.91 Å². The number of amides is 1. The van der Waals surface area contributed by atoms with Gasteiger partial charge in [0.05, 0.1) is 6.04 Å². The highest BCUT2D eigenvalue weighted by Gasteiger charge is 2.39. The number of rotatable bonds is 6. The molecule has 0 aliphatic carbocycles. The van der Waals surface area contributed by atoms with Crippen LogP contribution in [-0.4, -0.2) is 23.4 Å². The summed E-state index contributed by atoms with van der Waals surface area (Å²) < 4.78 is 27.1. The molecule has 1 amide bonds. The second-order valence-electron chi connectivity index (χ2n) is 5.46. The van der Waals surface area contributed by atoms with Crippen molar-refractivity contribution < 1.29 is 13.6 Å². The van der Waals surface area contributed by atoms with Gasteiger partial charge >= 0.3 is 0 Å². The fraction of sp³-hybridized carbons (Fsp3) is 0.562. The molecule has 1 saturated heterocycles. The molecule has 2 rings (SSSR count). The molecule has 1 fully saturated rings. The zero-order chi connectivity index (χ0) is 15.4. The second-order valence-corrected chi connectivity index (χ2v) is 5.46. The minimum atomic E-state index is -0.612. The first kappa shape index (κ1) is 15.9. The molecule has 0 spiro atoms. The molecule has 3 nitrogen and oxygen atoms in total. The van der Waals surface area contributed by atoms with Crippen LogP contribution in [0.4, 0.5) is 8.78 Å². The summed E-state index contributed by atoms with van der Waals surface area (Å²) in [5.74, 6) is -1.20. The van der Waals surface area contributed by atoms with Crippen molar-refractivity contribution in [3.8, 4) is 0 Å². The van der Waals surface area contributed by atoms with Gasteiger partial charge in [-0.15, -0.1) is 0 Å². The van der Waals surface area contributed by atoms with E-state index in [0.717, 1.165) is 31.7 Å². The lowest BCUT2D eigenvalue weighted by atomic mass is 10.1. The van der Waals surface area contributed by atoms with Gasteiger partial charge in [-0.05, 0) is 25.0 Å². The van der Waals surface area contributed by atoms with Crippen molar-refractivity contribution in [1.29, 1.82) is 0 Å². The summed E-state index contributed by atoms with van der Waals surface area (Å²) in [6.45, 7) is 4.65. The topological polar surface area (TPSA) is 32.3 Å². The van der Waals surface area contributed by atoms with Crippen LogP contribution in [0.5, 0.6) is 0 Å². The Morgan fingerprint density at radius 1 is 1.24 bits per heavy atom. The van der Waals surface area contributed by atoms with Gasteiger partial charge in [-0.3, -0.25) is 10.1 Å². The van der Waals surface area contributed by atoms with Crippen LogP contribution >= 0.6 is 0 Å². The Balaban J connectivity index is 2.27. The monoisotopic (exact) mass is 296 g/mol. The van der Waals surface area contributed by atoms with Gasteiger partial charge in [-0.25, -0.2) is 8.78 Å². The predicted molar refractivity (Wildman–Crippen MR) is 77.6 cm³/mol. The quantitative estimate of drug-likeness (QED) is 0.873. The Bertz CT molecular complexity index is 507. The number of carbonyl (C=O) groups excluding carboxylic acids is 1. The third-order valence-electron chi connectivity index (χ3n) is 3.84. The van der Waals surface area contributed by atoms with Crippen LogP contribution in [-0.2, 0) is 4.79 Å². The summed E-state index contributed by atoms with van der Waals surface area (Å²) in [6.07, 6.45) is 2.93. The number of benzene rings is 1. The molecule has 1 heterocycles. The fourth-order valence-corrected chi connectivity index (χ4v) is 2.72. The molecule has 0 saturated carbocycles. The van der Waals surface area contributed by atoms with Gasteiger partial charge in [0.1, 0.15) is 17.8 Å². The maximum absolute atomic E-state index is 14.0. The molecule has 21 heavy (non-hydrogen) atoms. The van der Waals surface area contributed by atoms with Crippen molar-refractivity contribution in [3.05, 3.63) is 35.4 Å². The van der Waals surface area contributed by atoms with Gasteiger partial charge in [-0.2, -0.15) is 0 Å². The lowest BCUT2D eigenvalue weighted by Gasteiger charge is -2.24. The molecular formula is C16H22F2N2O.